The van der Waals surface area contributed by atoms with Gasteiger partial charge >= 0.3 is 0 Å². The lowest BCUT2D eigenvalue weighted by atomic mass is 10.1. The minimum atomic E-state index is -0.639. The van der Waals surface area contributed by atoms with Crippen molar-refractivity contribution in [3.8, 4) is 11.8 Å². The predicted molar refractivity (Wildman–Crippen MR) is 51.7 cm³/mol. The zero-order chi connectivity index (χ0) is 9.84. The number of amides is 1. The predicted octanol–water partition coefficient (Wildman–Crippen LogP) is 0.414. The molecule has 0 spiro atoms. The summed E-state index contributed by atoms with van der Waals surface area (Å²) in [5.74, 6) is 4.23. The molecule has 3 nitrogen and oxygen atoms in total. The molecule has 0 aliphatic carbocycles. The van der Waals surface area contributed by atoms with E-state index in [-0.39, 0.29) is 0 Å². The fraction of sp³-hybridized carbons (Fsp3) is 0.100. The van der Waals surface area contributed by atoms with Crippen LogP contribution >= 0.6 is 0 Å². The van der Waals surface area contributed by atoms with Crippen LogP contribution in [0.1, 0.15) is 11.1 Å². The number of carbonyl (C=O) groups excluding carboxylic acids is 1. The van der Waals surface area contributed by atoms with Gasteiger partial charge in [-0.3, -0.25) is 4.79 Å². The Kier molecular flexibility index (Phi) is 2.56. The number of nitrogen functional groups attached to an aromatic ring is 1. The molecule has 0 aromatic heterocycles. The first kappa shape index (κ1) is 9.14. The average molecular weight is 174 g/mol. The van der Waals surface area contributed by atoms with Crippen LogP contribution in [-0.4, -0.2) is 5.91 Å². The van der Waals surface area contributed by atoms with Gasteiger partial charge in [-0.15, -0.1) is 0 Å². The van der Waals surface area contributed by atoms with E-state index in [2.05, 4.69) is 11.8 Å². The number of anilines is 1. The fourth-order valence-electron chi connectivity index (χ4n) is 1.02. The van der Waals surface area contributed by atoms with Gasteiger partial charge in [-0.05, 0) is 36.6 Å². The molecule has 4 N–H and O–H groups in total. The van der Waals surface area contributed by atoms with Crippen LogP contribution in [0.3, 0.4) is 0 Å². The zero-order valence-electron chi connectivity index (χ0n) is 7.29. The Balaban J connectivity index is 3.04. The fourth-order valence-corrected chi connectivity index (χ4v) is 1.02. The van der Waals surface area contributed by atoms with Crippen molar-refractivity contribution in [2.75, 3.05) is 5.73 Å². The van der Waals surface area contributed by atoms with Crippen LogP contribution in [0.15, 0.2) is 18.2 Å². The van der Waals surface area contributed by atoms with Gasteiger partial charge in [0.05, 0.1) is 0 Å². The molecule has 0 aliphatic rings. The van der Waals surface area contributed by atoms with Crippen LogP contribution < -0.4 is 11.5 Å². The number of aryl methyl sites for hydroxylation is 1. The molecule has 0 unspecified atom stereocenters. The largest absolute Gasteiger partial charge is 0.399 e. The van der Waals surface area contributed by atoms with Gasteiger partial charge in [0, 0.05) is 11.3 Å². The molecule has 1 amide bonds. The summed E-state index contributed by atoms with van der Waals surface area (Å²) in [7, 11) is 0. The van der Waals surface area contributed by atoms with Crippen LogP contribution in [0.25, 0.3) is 0 Å². The standard InChI is InChI=1S/C10H10N2O/c1-7-4-8(2-3-10(12)13)6-9(11)5-7/h4-6H,11H2,1H3,(H2,12,13). The van der Waals surface area contributed by atoms with Crippen LogP contribution in [-0.2, 0) is 4.79 Å². The molecule has 0 saturated carbocycles. The minimum absolute atomic E-state index is 0.633. The first-order chi connectivity index (χ1) is 6.08. The number of rotatable bonds is 0. The third-order valence-corrected chi connectivity index (χ3v) is 1.43. The van der Waals surface area contributed by atoms with E-state index in [0.717, 1.165) is 5.56 Å². The van der Waals surface area contributed by atoms with Crippen molar-refractivity contribution in [2.45, 2.75) is 6.92 Å². The molecule has 1 rings (SSSR count). The zero-order valence-corrected chi connectivity index (χ0v) is 7.29. The van der Waals surface area contributed by atoms with Crippen molar-refractivity contribution in [1.82, 2.24) is 0 Å². The molecule has 1 aromatic carbocycles. The summed E-state index contributed by atoms with van der Waals surface area (Å²) >= 11 is 0. The summed E-state index contributed by atoms with van der Waals surface area (Å²) in [5.41, 5.74) is 12.8. The molecule has 0 heterocycles. The summed E-state index contributed by atoms with van der Waals surface area (Å²) in [6, 6.07) is 5.37. The Morgan fingerprint density at radius 1 is 1.38 bits per heavy atom. The number of benzene rings is 1. The van der Waals surface area contributed by atoms with Gasteiger partial charge in [-0.1, -0.05) is 5.92 Å². The van der Waals surface area contributed by atoms with E-state index in [1.165, 1.54) is 0 Å². The lowest BCUT2D eigenvalue weighted by molar-refractivity contribution is -0.112. The summed E-state index contributed by atoms with van der Waals surface area (Å²) in [5, 5.41) is 0. The molecule has 1 aromatic rings. The van der Waals surface area contributed by atoms with Crippen molar-refractivity contribution in [1.29, 1.82) is 0 Å². The minimum Gasteiger partial charge on any atom is -0.399 e. The first-order valence-corrected chi connectivity index (χ1v) is 3.76. The molecule has 0 fully saturated rings. The number of primary amides is 1. The molecular weight excluding hydrogens is 164 g/mol. The molecule has 0 bridgehead atoms. The first-order valence-electron chi connectivity index (χ1n) is 3.76. The van der Waals surface area contributed by atoms with Crippen molar-refractivity contribution in [3.63, 3.8) is 0 Å². The van der Waals surface area contributed by atoms with E-state index in [4.69, 9.17) is 11.5 Å². The highest BCUT2D eigenvalue weighted by Crippen LogP contribution is 2.09. The molecule has 0 radical (unpaired) electrons. The molecular formula is C10H10N2O. The van der Waals surface area contributed by atoms with E-state index < -0.39 is 5.91 Å². The van der Waals surface area contributed by atoms with E-state index >= 15 is 0 Å². The quantitative estimate of drug-likeness (QED) is 0.442. The highest BCUT2D eigenvalue weighted by atomic mass is 16.1. The van der Waals surface area contributed by atoms with E-state index in [1.54, 1.807) is 6.07 Å². The second-order valence-electron chi connectivity index (χ2n) is 2.75. The Bertz CT molecular complexity index is 379. The maximum absolute atomic E-state index is 10.4. The van der Waals surface area contributed by atoms with E-state index in [1.807, 2.05) is 19.1 Å². The van der Waals surface area contributed by atoms with Crippen molar-refractivity contribution in [2.24, 2.45) is 5.73 Å². The normalized spacial score (nSPS) is 8.69. The van der Waals surface area contributed by atoms with Gasteiger partial charge in [0.2, 0.25) is 0 Å². The highest BCUT2D eigenvalue weighted by Gasteiger charge is 1.92. The van der Waals surface area contributed by atoms with Gasteiger partial charge in [0.25, 0.3) is 5.91 Å². The number of carbonyl (C=O) groups is 1. The molecule has 0 atom stereocenters. The van der Waals surface area contributed by atoms with Crippen molar-refractivity contribution < 1.29 is 4.79 Å². The van der Waals surface area contributed by atoms with Crippen LogP contribution in [0.5, 0.6) is 0 Å². The topological polar surface area (TPSA) is 69.1 Å². The number of hydrogen-bond acceptors (Lipinski definition) is 2. The smallest absolute Gasteiger partial charge is 0.293 e. The Labute approximate surface area is 76.7 Å². The molecule has 0 saturated heterocycles. The highest BCUT2D eigenvalue weighted by molar-refractivity contribution is 5.92. The van der Waals surface area contributed by atoms with Crippen molar-refractivity contribution >= 4 is 11.6 Å². The van der Waals surface area contributed by atoms with Crippen LogP contribution in [0.2, 0.25) is 0 Å². The van der Waals surface area contributed by atoms with E-state index in [9.17, 15) is 4.79 Å². The molecule has 13 heavy (non-hydrogen) atoms. The SMILES string of the molecule is Cc1cc(N)cc(C#CC(N)=O)c1. The summed E-state index contributed by atoms with van der Waals surface area (Å²) in [6.07, 6.45) is 0. The third kappa shape index (κ3) is 2.88. The molecule has 0 aliphatic heterocycles. The Morgan fingerprint density at radius 3 is 2.62 bits per heavy atom. The van der Waals surface area contributed by atoms with Gasteiger partial charge in [-0.25, -0.2) is 0 Å². The maximum Gasteiger partial charge on any atom is 0.293 e. The second kappa shape index (κ2) is 3.63. The van der Waals surface area contributed by atoms with Gasteiger partial charge < -0.3 is 11.5 Å². The Hall–Kier alpha value is -1.95. The van der Waals surface area contributed by atoms with Gasteiger partial charge in [0.15, 0.2) is 0 Å². The number of nitrogens with two attached hydrogens (primary N) is 2. The van der Waals surface area contributed by atoms with Gasteiger partial charge in [-0.2, -0.15) is 0 Å². The van der Waals surface area contributed by atoms with Crippen molar-refractivity contribution in [3.05, 3.63) is 29.3 Å². The second-order valence-corrected chi connectivity index (χ2v) is 2.75. The molecule has 66 valence electrons. The average Bonchev–Trinajstić information content (AvgIpc) is 1.99. The van der Waals surface area contributed by atoms with Crippen LogP contribution in [0.4, 0.5) is 5.69 Å². The summed E-state index contributed by atoms with van der Waals surface area (Å²) in [6.45, 7) is 1.91. The molecule has 3 heteroatoms. The monoisotopic (exact) mass is 174 g/mol. The summed E-state index contributed by atoms with van der Waals surface area (Å²) in [4.78, 5) is 10.4. The van der Waals surface area contributed by atoms with E-state index in [0.29, 0.717) is 11.3 Å². The number of hydrogen-bond donors (Lipinski definition) is 2. The maximum atomic E-state index is 10.4. The lowest BCUT2D eigenvalue weighted by Gasteiger charge is -1.96. The lowest BCUT2D eigenvalue weighted by Crippen LogP contribution is -2.06. The third-order valence-electron chi connectivity index (χ3n) is 1.43. The van der Waals surface area contributed by atoms with Crippen LogP contribution in [0, 0.1) is 18.8 Å². The van der Waals surface area contributed by atoms with Gasteiger partial charge in [0.1, 0.15) is 0 Å². The Morgan fingerprint density at radius 2 is 2.08 bits per heavy atom. The summed E-state index contributed by atoms with van der Waals surface area (Å²) < 4.78 is 0.